The summed E-state index contributed by atoms with van der Waals surface area (Å²) in [6.07, 6.45) is 3.26. The summed E-state index contributed by atoms with van der Waals surface area (Å²) in [5.41, 5.74) is 10.4. The van der Waals surface area contributed by atoms with Gasteiger partial charge >= 0.3 is 0 Å². The molecule has 1 aliphatic heterocycles. The summed E-state index contributed by atoms with van der Waals surface area (Å²) in [7, 11) is 1.79. The fourth-order valence-electron chi connectivity index (χ4n) is 2.79. The largest absolute Gasteiger partial charge is 0.383 e. The second-order valence-corrected chi connectivity index (χ2v) is 5.54. The number of rotatable bonds is 3. The highest BCUT2D eigenvalue weighted by atomic mass is 15.3. The molecule has 2 aromatic rings. The minimum Gasteiger partial charge on any atom is -0.383 e. The first-order chi connectivity index (χ1) is 11.6. The molecule has 0 unspecified atom stereocenters. The van der Waals surface area contributed by atoms with E-state index in [1.165, 1.54) is 0 Å². The van der Waals surface area contributed by atoms with Crippen LogP contribution in [-0.4, -0.2) is 28.0 Å². The van der Waals surface area contributed by atoms with Gasteiger partial charge < -0.3 is 11.1 Å². The van der Waals surface area contributed by atoms with E-state index in [0.717, 1.165) is 35.5 Å². The van der Waals surface area contributed by atoms with Gasteiger partial charge in [-0.2, -0.15) is 15.4 Å². The number of benzene rings is 1. The summed E-state index contributed by atoms with van der Waals surface area (Å²) in [6, 6.07) is 7.96. The molecule has 0 amide bonds. The van der Waals surface area contributed by atoms with E-state index in [4.69, 9.17) is 5.73 Å². The van der Waals surface area contributed by atoms with Crippen LogP contribution in [-0.2, 0) is 13.5 Å². The van der Waals surface area contributed by atoms with Crippen molar-refractivity contribution in [2.45, 2.75) is 19.8 Å². The quantitative estimate of drug-likeness (QED) is 0.667. The van der Waals surface area contributed by atoms with Crippen molar-refractivity contribution in [3.63, 3.8) is 0 Å². The molecular weight excluding hydrogens is 302 g/mol. The molecule has 0 aliphatic carbocycles. The topological polar surface area (TPSA) is 104 Å². The van der Waals surface area contributed by atoms with Crippen LogP contribution in [0.25, 0.3) is 0 Å². The Kier molecular flexibility index (Phi) is 4.29. The van der Waals surface area contributed by atoms with Gasteiger partial charge in [-0.05, 0) is 36.1 Å². The Morgan fingerprint density at radius 2 is 2.33 bits per heavy atom. The third kappa shape index (κ3) is 2.99. The number of fused-ring (bicyclic) bond motifs is 1. The molecule has 0 atom stereocenters. The second-order valence-electron chi connectivity index (χ2n) is 5.54. The van der Waals surface area contributed by atoms with Crippen molar-refractivity contribution >= 4 is 23.2 Å². The molecular formula is C17H19N7. The van der Waals surface area contributed by atoms with E-state index in [9.17, 15) is 5.26 Å². The maximum Gasteiger partial charge on any atom is 0.222 e. The van der Waals surface area contributed by atoms with Gasteiger partial charge in [0.15, 0.2) is 5.82 Å². The standard InChI is InChI=1S/C17H19N7/c1-3-14(22-17(19)23-15-5-7-21-24(15)2)12-8-11-4-6-20-16(11)13(9-12)10-18/h5,7-9,20H,3-4,6H2,1-2H3,(H2,19,23)/b22-14+. The van der Waals surface area contributed by atoms with E-state index in [-0.39, 0.29) is 5.96 Å². The summed E-state index contributed by atoms with van der Waals surface area (Å²) in [5.74, 6) is 0.815. The van der Waals surface area contributed by atoms with Gasteiger partial charge in [0, 0.05) is 19.7 Å². The highest BCUT2D eigenvalue weighted by Gasteiger charge is 2.17. The molecule has 1 aromatic carbocycles. The van der Waals surface area contributed by atoms with Crippen LogP contribution in [0.15, 0.2) is 34.4 Å². The monoisotopic (exact) mass is 321 g/mol. The van der Waals surface area contributed by atoms with Crippen molar-refractivity contribution in [1.29, 1.82) is 5.26 Å². The number of nitrogens with one attached hydrogen (secondary N) is 1. The van der Waals surface area contributed by atoms with Crippen molar-refractivity contribution in [2.24, 2.45) is 22.8 Å². The molecule has 0 saturated carbocycles. The summed E-state index contributed by atoms with van der Waals surface area (Å²) >= 11 is 0. The number of nitrogens with two attached hydrogens (primary N) is 1. The van der Waals surface area contributed by atoms with Gasteiger partial charge in [-0.1, -0.05) is 6.92 Å². The Balaban J connectivity index is 1.99. The molecule has 24 heavy (non-hydrogen) atoms. The Labute approximate surface area is 140 Å². The van der Waals surface area contributed by atoms with Crippen LogP contribution >= 0.6 is 0 Å². The number of nitriles is 1. The average molecular weight is 321 g/mol. The van der Waals surface area contributed by atoms with E-state index in [2.05, 4.69) is 32.5 Å². The lowest BCUT2D eigenvalue weighted by Gasteiger charge is -2.09. The summed E-state index contributed by atoms with van der Waals surface area (Å²) in [4.78, 5) is 8.73. The highest BCUT2D eigenvalue weighted by molar-refractivity contribution is 6.07. The maximum atomic E-state index is 9.38. The third-order valence-corrected chi connectivity index (χ3v) is 3.98. The molecule has 1 aliphatic rings. The van der Waals surface area contributed by atoms with Crippen molar-refractivity contribution in [1.82, 2.24) is 9.78 Å². The van der Waals surface area contributed by atoms with E-state index < -0.39 is 0 Å². The molecule has 0 saturated heterocycles. The molecule has 3 N–H and O–H groups in total. The normalized spacial score (nSPS) is 14.2. The van der Waals surface area contributed by atoms with E-state index in [1.807, 2.05) is 13.0 Å². The Morgan fingerprint density at radius 3 is 3.00 bits per heavy atom. The molecule has 2 heterocycles. The molecule has 0 bridgehead atoms. The fraction of sp³-hybridized carbons (Fsp3) is 0.294. The fourth-order valence-corrected chi connectivity index (χ4v) is 2.79. The lowest BCUT2D eigenvalue weighted by Crippen LogP contribution is -2.13. The van der Waals surface area contributed by atoms with Crippen molar-refractivity contribution in [2.75, 3.05) is 11.9 Å². The van der Waals surface area contributed by atoms with Crippen LogP contribution < -0.4 is 11.1 Å². The lowest BCUT2D eigenvalue weighted by molar-refractivity contribution is 0.770. The molecule has 7 nitrogen and oxygen atoms in total. The first-order valence-electron chi connectivity index (χ1n) is 7.83. The van der Waals surface area contributed by atoms with Crippen LogP contribution in [0.1, 0.15) is 30.0 Å². The number of aliphatic imine (C=N–C) groups is 2. The molecule has 3 rings (SSSR count). The first kappa shape index (κ1) is 15.7. The number of hydrogen-bond donors (Lipinski definition) is 2. The number of aromatic nitrogens is 2. The molecule has 1 aromatic heterocycles. The molecule has 0 radical (unpaired) electrons. The highest BCUT2D eigenvalue weighted by Crippen LogP contribution is 2.28. The van der Waals surface area contributed by atoms with Gasteiger partial charge in [-0.15, -0.1) is 0 Å². The summed E-state index contributed by atoms with van der Waals surface area (Å²) < 4.78 is 1.63. The molecule has 7 heteroatoms. The van der Waals surface area contributed by atoms with Crippen molar-refractivity contribution in [3.8, 4) is 6.07 Å². The minimum absolute atomic E-state index is 0.174. The Bertz CT molecular complexity index is 868. The smallest absolute Gasteiger partial charge is 0.222 e. The van der Waals surface area contributed by atoms with Crippen LogP contribution in [0, 0.1) is 11.3 Å². The van der Waals surface area contributed by atoms with E-state index in [1.54, 1.807) is 24.0 Å². The van der Waals surface area contributed by atoms with Crippen molar-refractivity contribution in [3.05, 3.63) is 41.1 Å². The van der Waals surface area contributed by atoms with Gasteiger partial charge in [-0.3, -0.25) is 4.68 Å². The number of hydrogen-bond acceptors (Lipinski definition) is 4. The van der Waals surface area contributed by atoms with E-state index in [0.29, 0.717) is 17.8 Å². The Morgan fingerprint density at radius 1 is 1.50 bits per heavy atom. The van der Waals surface area contributed by atoms with Gasteiger partial charge in [-0.25, -0.2) is 4.99 Å². The first-order valence-corrected chi connectivity index (χ1v) is 7.83. The predicted molar refractivity (Wildman–Crippen MR) is 94.7 cm³/mol. The third-order valence-electron chi connectivity index (χ3n) is 3.98. The Hall–Kier alpha value is -3.14. The number of guanidine groups is 1. The van der Waals surface area contributed by atoms with Crippen molar-refractivity contribution < 1.29 is 0 Å². The van der Waals surface area contributed by atoms with Crippen LogP contribution in [0.2, 0.25) is 0 Å². The van der Waals surface area contributed by atoms with Crippen LogP contribution in [0.4, 0.5) is 11.5 Å². The van der Waals surface area contributed by atoms with Crippen LogP contribution in [0.3, 0.4) is 0 Å². The van der Waals surface area contributed by atoms with Gasteiger partial charge in [0.25, 0.3) is 0 Å². The zero-order chi connectivity index (χ0) is 17.1. The second kappa shape index (κ2) is 6.54. The van der Waals surface area contributed by atoms with Gasteiger partial charge in [0.1, 0.15) is 6.07 Å². The summed E-state index contributed by atoms with van der Waals surface area (Å²) in [6.45, 7) is 2.86. The van der Waals surface area contributed by atoms with Gasteiger partial charge in [0.05, 0.1) is 23.2 Å². The molecule has 0 fully saturated rings. The molecule has 122 valence electrons. The maximum absolute atomic E-state index is 9.38. The van der Waals surface area contributed by atoms with Crippen LogP contribution in [0.5, 0.6) is 0 Å². The average Bonchev–Trinajstić information content (AvgIpc) is 3.20. The number of nitrogens with zero attached hydrogens (tertiary/aromatic N) is 5. The minimum atomic E-state index is 0.174. The lowest BCUT2D eigenvalue weighted by atomic mass is 9.99. The zero-order valence-electron chi connectivity index (χ0n) is 13.7. The summed E-state index contributed by atoms with van der Waals surface area (Å²) in [5, 5.41) is 16.7. The van der Waals surface area contributed by atoms with Gasteiger partial charge in [0.2, 0.25) is 5.96 Å². The zero-order valence-corrected chi connectivity index (χ0v) is 13.7. The molecule has 0 spiro atoms. The van der Waals surface area contributed by atoms with E-state index >= 15 is 0 Å². The number of aryl methyl sites for hydroxylation is 1. The predicted octanol–water partition coefficient (Wildman–Crippen LogP) is 2.11. The SMILES string of the molecule is CC/C(=N\C(N)=N/c1ccnn1C)c1cc(C#N)c2c(c1)CCN2. The number of anilines is 1.